The molecule has 106 valence electrons. The number of rotatable bonds is 3. The van der Waals surface area contributed by atoms with Crippen molar-refractivity contribution >= 4 is 23.7 Å². The molecule has 2 rings (SSSR count). The van der Waals surface area contributed by atoms with Crippen LogP contribution in [-0.4, -0.2) is 46.0 Å². The summed E-state index contributed by atoms with van der Waals surface area (Å²) < 4.78 is 0. The van der Waals surface area contributed by atoms with Gasteiger partial charge >= 0.3 is 12.0 Å². The molecule has 8 nitrogen and oxygen atoms in total. The largest absolute Gasteiger partial charge is 0.480 e. The lowest BCUT2D eigenvalue weighted by Crippen LogP contribution is -2.68. The number of hydrogen-bond acceptors (Lipinski definition) is 5. The van der Waals surface area contributed by atoms with E-state index in [0.717, 1.165) is 4.90 Å². The Kier molecular flexibility index (Phi) is 3.55. The first-order chi connectivity index (χ1) is 9.45. The Morgan fingerprint density at radius 1 is 1.55 bits per heavy atom. The van der Waals surface area contributed by atoms with Gasteiger partial charge in [0.15, 0.2) is 6.04 Å². The highest BCUT2D eigenvalue weighted by atomic mass is 16.4. The third kappa shape index (κ3) is 2.27. The standard InChI is InChI=1S/C12H14N4O4/c1-14-12(20)16-9(11(18)19)7(10(16)17)4-6-2-3-15-8(13)5-6/h2-3,5,7,9H,4H2,1H3,(H2,13,15)(H,14,20)(H,18,19). The molecule has 1 saturated heterocycles. The average Bonchev–Trinajstić information content (AvgIpc) is 2.40. The van der Waals surface area contributed by atoms with Crippen LogP contribution in [0.15, 0.2) is 18.3 Å². The summed E-state index contributed by atoms with van der Waals surface area (Å²) in [5.41, 5.74) is 6.24. The van der Waals surface area contributed by atoms with Crippen LogP contribution in [0.5, 0.6) is 0 Å². The summed E-state index contributed by atoms with van der Waals surface area (Å²) in [5, 5.41) is 11.4. The number of carbonyl (C=O) groups excluding carboxylic acids is 2. The lowest BCUT2D eigenvalue weighted by atomic mass is 9.82. The van der Waals surface area contributed by atoms with Crippen molar-refractivity contribution in [1.29, 1.82) is 0 Å². The van der Waals surface area contributed by atoms with Gasteiger partial charge in [0.2, 0.25) is 5.91 Å². The van der Waals surface area contributed by atoms with Crippen LogP contribution in [0, 0.1) is 5.92 Å². The lowest BCUT2D eigenvalue weighted by molar-refractivity contribution is -0.165. The summed E-state index contributed by atoms with van der Waals surface area (Å²) in [6, 6.07) is 1.37. The van der Waals surface area contributed by atoms with Crippen LogP contribution in [0.1, 0.15) is 5.56 Å². The number of aliphatic carboxylic acids is 1. The quantitative estimate of drug-likeness (QED) is 0.637. The summed E-state index contributed by atoms with van der Waals surface area (Å²) in [4.78, 5) is 39.2. The van der Waals surface area contributed by atoms with E-state index < -0.39 is 29.9 Å². The molecular formula is C12H14N4O4. The summed E-state index contributed by atoms with van der Waals surface area (Å²) in [7, 11) is 1.34. The maximum atomic E-state index is 11.9. The second-order valence-electron chi connectivity index (χ2n) is 4.45. The number of nitrogens with two attached hydrogens (primary N) is 1. The van der Waals surface area contributed by atoms with Gasteiger partial charge in [-0.05, 0) is 24.1 Å². The Morgan fingerprint density at radius 2 is 2.25 bits per heavy atom. The van der Waals surface area contributed by atoms with E-state index in [9.17, 15) is 14.4 Å². The van der Waals surface area contributed by atoms with E-state index in [4.69, 9.17) is 10.8 Å². The first kappa shape index (κ1) is 13.8. The van der Waals surface area contributed by atoms with E-state index >= 15 is 0 Å². The van der Waals surface area contributed by atoms with Crippen LogP contribution < -0.4 is 11.1 Å². The van der Waals surface area contributed by atoms with Gasteiger partial charge in [0.25, 0.3) is 0 Å². The molecule has 1 aliphatic rings. The average molecular weight is 278 g/mol. The fourth-order valence-corrected chi connectivity index (χ4v) is 2.25. The molecular weight excluding hydrogens is 264 g/mol. The highest BCUT2D eigenvalue weighted by molar-refractivity contribution is 6.07. The Morgan fingerprint density at radius 3 is 2.80 bits per heavy atom. The minimum absolute atomic E-state index is 0.204. The van der Waals surface area contributed by atoms with Gasteiger partial charge in [0.05, 0.1) is 5.92 Å². The zero-order chi connectivity index (χ0) is 14.9. The summed E-state index contributed by atoms with van der Waals surface area (Å²) >= 11 is 0. The summed E-state index contributed by atoms with van der Waals surface area (Å²) in [6.07, 6.45) is 1.69. The van der Waals surface area contributed by atoms with Gasteiger partial charge in [-0.2, -0.15) is 0 Å². The van der Waals surface area contributed by atoms with Gasteiger partial charge in [-0.1, -0.05) is 0 Å². The van der Waals surface area contributed by atoms with Crippen molar-refractivity contribution in [3.8, 4) is 0 Å². The monoisotopic (exact) mass is 278 g/mol. The van der Waals surface area contributed by atoms with Gasteiger partial charge < -0.3 is 16.2 Å². The maximum absolute atomic E-state index is 11.9. The predicted molar refractivity (Wildman–Crippen MR) is 68.6 cm³/mol. The molecule has 3 amide bonds. The number of nitrogens with zero attached hydrogens (tertiary/aromatic N) is 2. The molecule has 8 heteroatoms. The molecule has 0 radical (unpaired) electrons. The molecule has 1 aliphatic heterocycles. The highest BCUT2D eigenvalue weighted by Gasteiger charge is 2.54. The normalized spacial score (nSPS) is 21.2. The minimum atomic E-state index is -1.21. The van der Waals surface area contributed by atoms with Crippen LogP contribution in [-0.2, 0) is 16.0 Å². The number of amides is 3. The summed E-state index contributed by atoms with van der Waals surface area (Å²) in [6.45, 7) is 0. The van der Waals surface area contributed by atoms with E-state index in [1.807, 2.05) is 0 Å². The van der Waals surface area contributed by atoms with Crippen molar-refractivity contribution < 1.29 is 19.5 Å². The topological polar surface area (TPSA) is 126 Å². The molecule has 2 heterocycles. The van der Waals surface area contributed by atoms with Crippen molar-refractivity contribution in [2.24, 2.45) is 5.92 Å². The number of nitrogens with one attached hydrogen (secondary N) is 1. The zero-order valence-corrected chi connectivity index (χ0v) is 10.7. The third-order valence-corrected chi connectivity index (χ3v) is 3.20. The molecule has 0 aliphatic carbocycles. The smallest absolute Gasteiger partial charge is 0.327 e. The molecule has 4 N–H and O–H groups in total. The van der Waals surface area contributed by atoms with E-state index in [1.54, 1.807) is 12.1 Å². The number of aromatic nitrogens is 1. The van der Waals surface area contributed by atoms with Crippen LogP contribution in [0.25, 0.3) is 0 Å². The van der Waals surface area contributed by atoms with Gasteiger partial charge in [-0.15, -0.1) is 0 Å². The van der Waals surface area contributed by atoms with Crippen molar-refractivity contribution in [2.45, 2.75) is 12.5 Å². The van der Waals surface area contributed by atoms with Gasteiger partial charge in [-0.25, -0.2) is 19.5 Å². The predicted octanol–water partition coefficient (Wildman–Crippen LogP) is -0.543. The van der Waals surface area contributed by atoms with E-state index in [2.05, 4.69) is 10.3 Å². The number of carboxylic acids is 1. The highest BCUT2D eigenvalue weighted by Crippen LogP contribution is 2.30. The SMILES string of the molecule is CNC(=O)N1C(=O)C(Cc2ccnc(N)c2)C1C(=O)O. The molecule has 0 saturated carbocycles. The zero-order valence-electron chi connectivity index (χ0n) is 10.7. The number of carbonyl (C=O) groups is 3. The number of urea groups is 1. The van der Waals surface area contributed by atoms with E-state index in [-0.39, 0.29) is 6.42 Å². The number of imide groups is 1. The fourth-order valence-electron chi connectivity index (χ4n) is 2.25. The number of nitrogen functional groups attached to an aromatic ring is 1. The second-order valence-corrected chi connectivity index (χ2v) is 4.45. The van der Waals surface area contributed by atoms with Gasteiger partial charge in [0.1, 0.15) is 5.82 Å². The van der Waals surface area contributed by atoms with Crippen molar-refractivity contribution in [1.82, 2.24) is 15.2 Å². The van der Waals surface area contributed by atoms with E-state index in [1.165, 1.54) is 13.2 Å². The number of β-lactam (4-membered cyclic amide) rings is 1. The molecule has 2 unspecified atom stereocenters. The molecule has 1 aromatic heterocycles. The Balaban J connectivity index is 2.18. The maximum Gasteiger partial charge on any atom is 0.327 e. The first-order valence-electron chi connectivity index (χ1n) is 5.93. The molecule has 1 aromatic rings. The minimum Gasteiger partial charge on any atom is -0.480 e. The number of likely N-dealkylation sites (tertiary alicyclic amines) is 1. The third-order valence-electron chi connectivity index (χ3n) is 3.20. The van der Waals surface area contributed by atoms with Crippen LogP contribution in [0.3, 0.4) is 0 Å². The second kappa shape index (κ2) is 5.16. The molecule has 0 spiro atoms. The lowest BCUT2D eigenvalue weighted by Gasteiger charge is -2.42. The molecule has 0 aromatic carbocycles. The fraction of sp³-hybridized carbons (Fsp3) is 0.333. The summed E-state index contributed by atoms with van der Waals surface area (Å²) in [5.74, 6) is -2.19. The Hall–Kier alpha value is -2.64. The van der Waals surface area contributed by atoms with Crippen LogP contribution in [0.2, 0.25) is 0 Å². The number of pyridine rings is 1. The number of anilines is 1. The number of carboxylic acid groups (broad SMARTS) is 1. The van der Waals surface area contributed by atoms with Gasteiger partial charge in [-0.3, -0.25) is 4.79 Å². The number of hydrogen-bond donors (Lipinski definition) is 3. The van der Waals surface area contributed by atoms with Crippen molar-refractivity contribution in [3.63, 3.8) is 0 Å². The molecule has 2 atom stereocenters. The molecule has 20 heavy (non-hydrogen) atoms. The molecule has 1 fully saturated rings. The van der Waals surface area contributed by atoms with Crippen LogP contribution in [0.4, 0.5) is 10.6 Å². The Bertz CT molecular complexity index is 574. The van der Waals surface area contributed by atoms with E-state index in [0.29, 0.717) is 11.4 Å². The van der Waals surface area contributed by atoms with Crippen molar-refractivity contribution in [2.75, 3.05) is 12.8 Å². The Labute approximate surface area is 114 Å². The van der Waals surface area contributed by atoms with Gasteiger partial charge in [0, 0.05) is 13.2 Å². The van der Waals surface area contributed by atoms with Crippen molar-refractivity contribution in [3.05, 3.63) is 23.9 Å². The molecule has 0 bridgehead atoms. The van der Waals surface area contributed by atoms with Crippen LogP contribution >= 0.6 is 0 Å². The first-order valence-corrected chi connectivity index (χ1v) is 5.93.